The predicted octanol–water partition coefficient (Wildman–Crippen LogP) is 4.00. The van der Waals surface area contributed by atoms with Crippen LogP contribution >= 0.6 is 0 Å². The molecule has 0 aliphatic heterocycles. The fraction of sp³-hybridized carbons (Fsp3) is 0.100. The molecule has 0 aliphatic carbocycles. The summed E-state index contributed by atoms with van der Waals surface area (Å²) in [7, 11) is -2.54. The van der Waals surface area contributed by atoms with E-state index in [0.29, 0.717) is 11.5 Å². The summed E-state index contributed by atoms with van der Waals surface area (Å²) in [6.07, 6.45) is 0.894. The summed E-state index contributed by atoms with van der Waals surface area (Å²) in [5.41, 5.74) is 0.943. The van der Waals surface area contributed by atoms with Crippen molar-refractivity contribution in [3.8, 4) is 23.3 Å². The highest BCUT2D eigenvalue weighted by Gasteiger charge is 2.18. The van der Waals surface area contributed by atoms with Gasteiger partial charge in [0, 0.05) is 0 Å². The fourth-order valence-corrected chi connectivity index (χ4v) is 3.50. The van der Waals surface area contributed by atoms with Crippen molar-refractivity contribution in [1.29, 1.82) is 5.26 Å². The molecule has 0 saturated carbocycles. The van der Waals surface area contributed by atoms with Gasteiger partial charge in [0.1, 0.15) is 23.5 Å². The molecule has 9 heteroatoms. The Morgan fingerprint density at radius 1 is 1.07 bits per heavy atom. The number of nitrogens with zero attached hydrogens (tertiary/aromatic N) is 2. The molecule has 0 unspecified atom stereocenters. The van der Waals surface area contributed by atoms with E-state index in [1.54, 1.807) is 12.1 Å². The number of ether oxygens (including phenoxy) is 2. The molecule has 0 amide bonds. The Labute approximate surface area is 167 Å². The largest absolute Gasteiger partial charge is 0.493 e. The van der Waals surface area contributed by atoms with Crippen molar-refractivity contribution >= 4 is 15.8 Å². The lowest BCUT2D eigenvalue weighted by atomic mass is 10.2. The van der Waals surface area contributed by atoms with Crippen LogP contribution in [0.25, 0.3) is 0 Å². The maximum absolute atomic E-state index is 12.9. The summed E-state index contributed by atoms with van der Waals surface area (Å²) in [5, 5.41) is 9.46. The zero-order chi connectivity index (χ0) is 21.0. The van der Waals surface area contributed by atoms with Crippen LogP contribution in [0.5, 0.6) is 17.2 Å². The molecule has 0 bridgehead atoms. The molecular weight excluding hydrogens is 397 g/mol. The first-order chi connectivity index (χ1) is 13.8. The van der Waals surface area contributed by atoms with E-state index in [2.05, 4.69) is 9.71 Å². The Kier molecular flexibility index (Phi) is 5.66. The summed E-state index contributed by atoms with van der Waals surface area (Å²) in [6.45, 7) is 1.88. The van der Waals surface area contributed by atoms with Crippen molar-refractivity contribution < 1.29 is 22.3 Å². The van der Waals surface area contributed by atoms with Gasteiger partial charge in [0.15, 0.2) is 11.5 Å². The number of pyridine rings is 1. The first kappa shape index (κ1) is 20.1. The van der Waals surface area contributed by atoms with Crippen molar-refractivity contribution in [2.75, 3.05) is 11.8 Å². The SMILES string of the molecule is COc1ccc(C)cc1Oc1ccc(S(=O)(=O)Nc2ccc(F)cn2)cc1C#N. The molecule has 2 aromatic carbocycles. The van der Waals surface area contributed by atoms with Crippen molar-refractivity contribution in [1.82, 2.24) is 4.98 Å². The van der Waals surface area contributed by atoms with Gasteiger partial charge in [-0.1, -0.05) is 6.07 Å². The average Bonchev–Trinajstić information content (AvgIpc) is 2.70. The van der Waals surface area contributed by atoms with Crippen LogP contribution in [0, 0.1) is 24.1 Å². The highest BCUT2D eigenvalue weighted by Crippen LogP contribution is 2.34. The number of benzene rings is 2. The third-order valence-corrected chi connectivity index (χ3v) is 5.24. The average molecular weight is 413 g/mol. The van der Waals surface area contributed by atoms with Crippen LogP contribution in [0.15, 0.2) is 59.6 Å². The van der Waals surface area contributed by atoms with Crippen LogP contribution in [-0.2, 0) is 10.0 Å². The minimum atomic E-state index is -4.03. The summed E-state index contributed by atoms with van der Waals surface area (Å²) in [6, 6.07) is 13.4. The number of methoxy groups -OCH3 is 1. The molecule has 7 nitrogen and oxygen atoms in total. The Hall–Kier alpha value is -3.64. The quantitative estimate of drug-likeness (QED) is 0.655. The van der Waals surface area contributed by atoms with Gasteiger partial charge in [-0.3, -0.25) is 4.72 Å². The van der Waals surface area contributed by atoms with Crippen LogP contribution in [-0.4, -0.2) is 20.5 Å². The molecule has 0 fully saturated rings. The molecule has 0 spiro atoms. The second-order valence-electron chi connectivity index (χ2n) is 5.99. The molecule has 3 rings (SSSR count). The number of hydrogen-bond donors (Lipinski definition) is 1. The van der Waals surface area contributed by atoms with Gasteiger partial charge in [0.25, 0.3) is 10.0 Å². The van der Waals surface area contributed by atoms with E-state index in [1.807, 2.05) is 19.1 Å². The van der Waals surface area contributed by atoms with Gasteiger partial charge in [-0.15, -0.1) is 0 Å². The number of sulfonamides is 1. The molecule has 29 heavy (non-hydrogen) atoms. The van der Waals surface area contributed by atoms with E-state index < -0.39 is 15.8 Å². The smallest absolute Gasteiger partial charge is 0.263 e. The summed E-state index contributed by atoms with van der Waals surface area (Å²) < 4.78 is 51.3. The predicted molar refractivity (Wildman–Crippen MR) is 104 cm³/mol. The van der Waals surface area contributed by atoms with Gasteiger partial charge in [-0.05, 0) is 55.0 Å². The van der Waals surface area contributed by atoms with Crippen LogP contribution in [0.1, 0.15) is 11.1 Å². The molecule has 1 aromatic heterocycles. The van der Waals surface area contributed by atoms with Crippen molar-refractivity contribution in [3.63, 3.8) is 0 Å². The molecular formula is C20H16FN3O4S. The van der Waals surface area contributed by atoms with Crippen molar-refractivity contribution in [2.45, 2.75) is 11.8 Å². The monoisotopic (exact) mass is 413 g/mol. The number of nitriles is 1. The van der Waals surface area contributed by atoms with Gasteiger partial charge in [-0.2, -0.15) is 5.26 Å². The number of hydrogen-bond acceptors (Lipinski definition) is 6. The topological polar surface area (TPSA) is 101 Å². The van der Waals surface area contributed by atoms with Crippen molar-refractivity contribution in [3.05, 3.63) is 71.7 Å². The number of aromatic nitrogens is 1. The van der Waals surface area contributed by atoms with Crippen LogP contribution in [0.4, 0.5) is 10.2 Å². The number of aryl methyl sites for hydroxylation is 1. The minimum absolute atomic E-state index is 0.0171. The van der Waals surface area contributed by atoms with E-state index in [0.717, 1.165) is 17.8 Å². The lowest BCUT2D eigenvalue weighted by Gasteiger charge is -2.13. The van der Waals surface area contributed by atoms with E-state index in [9.17, 15) is 18.1 Å². The molecule has 0 atom stereocenters. The number of halogens is 1. The lowest BCUT2D eigenvalue weighted by molar-refractivity contribution is 0.378. The number of anilines is 1. The van der Waals surface area contributed by atoms with Gasteiger partial charge < -0.3 is 9.47 Å². The maximum Gasteiger partial charge on any atom is 0.263 e. The second kappa shape index (κ2) is 8.16. The third kappa shape index (κ3) is 4.62. The Bertz CT molecular complexity index is 1190. The van der Waals surface area contributed by atoms with Crippen LogP contribution < -0.4 is 14.2 Å². The van der Waals surface area contributed by atoms with Gasteiger partial charge in [0.2, 0.25) is 0 Å². The third-order valence-electron chi connectivity index (χ3n) is 3.89. The van der Waals surface area contributed by atoms with E-state index in [-0.39, 0.29) is 22.0 Å². The Morgan fingerprint density at radius 2 is 1.83 bits per heavy atom. The Balaban J connectivity index is 1.92. The highest BCUT2D eigenvalue weighted by molar-refractivity contribution is 7.92. The molecule has 1 heterocycles. The second-order valence-corrected chi connectivity index (χ2v) is 7.68. The van der Waals surface area contributed by atoms with E-state index in [4.69, 9.17) is 9.47 Å². The molecule has 148 valence electrons. The molecule has 0 aliphatic rings. The van der Waals surface area contributed by atoms with Gasteiger partial charge in [-0.25, -0.2) is 17.8 Å². The molecule has 0 saturated heterocycles. The normalized spacial score (nSPS) is 10.8. The number of nitrogens with one attached hydrogen (secondary N) is 1. The molecule has 3 aromatic rings. The van der Waals surface area contributed by atoms with E-state index >= 15 is 0 Å². The first-order valence-corrected chi connectivity index (χ1v) is 9.82. The van der Waals surface area contributed by atoms with Gasteiger partial charge >= 0.3 is 0 Å². The summed E-state index contributed by atoms with van der Waals surface area (Å²) >= 11 is 0. The van der Waals surface area contributed by atoms with Crippen LogP contribution in [0.3, 0.4) is 0 Å². The van der Waals surface area contributed by atoms with E-state index in [1.165, 1.54) is 31.4 Å². The summed E-state index contributed by atoms with van der Waals surface area (Å²) in [5.74, 6) is 0.409. The Morgan fingerprint density at radius 3 is 2.48 bits per heavy atom. The fourth-order valence-electron chi connectivity index (χ4n) is 2.47. The number of rotatable bonds is 6. The zero-order valence-electron chi connectivity index (χ0n) is 15.5. The van der Waals surface area contributed by atoms with Crippen molar-refractivity contribution in [2.24, 2.45) is 0 Å². The lowest BCUT2D eigenvalue weighted by Crippen LogP contribution is -2.14. The van der Waals surface area contributed by atoms with Gasteiger partial charge in [0.05, 0.1) is 23.8 Å². The van der Waals surface area contributed by atoms with Crippen LogP contribution in [0.2, 0.25) is 0 Å². The standard InChI is InChI=1S/C20H16FN3O4S/c1-13-3-6-18(27-2)19(9-13)28-17-7-5-16(10-14(17)11-22)29(25,26)24-20-8-4-15(21)12-23-20/h3-10,12H,1-2H3,(H,23,24). The molecule has 0 radical (unpaired) electrons. The maximum atomic E-state index is 12.9. The molecule has 1 N–H and O–H groups in total. The highest BCUT2D eigenvalue weighted by atomic mass is 32.2. The summed E-state index contributed by atoms with van der Waals surface area (Å²) in [4.78, 5) is 3.50. The zero-order valence-corrected chi connectivity index (χ0v) is 16.3. The minimum Gasteiger partial charge on any atom is -0.493 e. The first-order valence-electron chi connectivity index (χ1n) is 8.33.